The molecule has 1 rings (SSSR count). The lowest BCUT2D eigenvalue weighted by Gasteiger charge is -2.07. The van der Waals surface area contributed by atoms with Crippen molar-refractivity contribution in [1.29, 1.82) is 0 Å². The molecule has 0 unspecified atom stereocenters. The average molecular weight is 323 g/mol. The monoisotopic (exact) mass is 323 g/mol. The van der Waals surface area contributed by atoms with E-state index in [1.165, 1.54) is 0 Å². The molecule has 0 aliphatic rings. The fourth-order valence-electron chi connectivity index (χ4n) is 0.970. The van der Waals surface area contributed by atoms with Gasteiger partial charge in [0, 0.05) is 12.7 Å². The Balaban J connectivity index is 2.74. The van der Waals surface area contributed by atoms with E-state index in [0.29, 0.717) is 0 Å². The summed E-state index contributed by atoms with van der Waals surface area (Å²) in [5, 5.41) is 3.29. The van der Waals surface area contributed by atoms with Crippen molar-refractivity contribution in [2.45, 2.75) is 19.1 Å². The van der Waals surface area contributed by atoms with E-state index < -0.39 is 0 Å². The summed E-state index contributed by atoms with van der Waals surface area (Å²) in [6.45, 7) is 3.11. The van der Waals surface area contributed by atoms with Gasteiger partial charge in [-0.1, -0.05) is 6.92 Å². The van der Waals surface area contributed by atoms with E-state index in [9.17, 15) is 0 Å². The van der Waals surface area contributed by atoms with Crippen molar-refractivity contribution in [2.75, 3.05) is 18.1 Å². The minimum atomic E-state index is 0.873. The second kappa shape index (κ2) is 6.44. The first-order valence-corrected chi connectivity index (χ1v) is 6.99. The number of nitrogens with zero attached hydrogens (tertiary/aromatic N) is 2. The lowest BCUT2D eigenvalue weighted by atomic mass is 10.4. The molecule has 0 spiro atoms. The van der Waals surface area contributed by atoms with Crippen molar-refractivity contribution in [3.05, 3.63) is 15.6 Å². The van der Waals surface area contributed by atoms with Gasteiger partial charge in [-0.05, 0) is 35.3 Å². The molecule has 0 fully saturated rings. The van der Waals surface area contributed by atoms with Gasteiger partial charge in [0.25, 0.3) is 0 Å². The molecule has 0 atom stereocenters. The number of aromatic nitrogens is 2. The maximum atomic E-state index is 4.45. The van der Waals surface area contributed by atoms with Gasteiger partial charge < -0.3 is 5.32 Å². The molecule has 0 radical (unpaired) electrons. The van der Waals surface area contributed by atoms with E-state index in [1.807, 2.05) is 6.20 Å². The molecule has 3 nitrogen and oxygen atoms in total. The van der Waals surface area contributed by atoms with E-state index in [1.54, 1.807) is 11.8 Å². The molecule has 1 heterocycles. The van der Waals surface area contributed by atoms with Crippen molar-refractivity contribution in [3.8, 4) is 0 Å². The number of anilines is 1. The van der Waals surface area contributed by atoms with Crippen LogP contribution >= 0.6 is 34.4 Å². The van der Waals surface area contributed by atoms with Crippen LogP contribution < -0.4 is 5.32 Å². The van der Waals surface area contributed by atoms with Crippen LogP contribution in [0.5, 0.6) is 0 Å². The quantitative estimate of drug-likeness (QED) is 0.846. The maximum Gasteiger partial charge on any atom is 0.143 e. The Labute approximate surface area is 103 Å². The molecule has 14 heavy (non-hydrogen) atoms. The van der Waals surface area contributed by atoms with Gasteiger partial charge in [0.2, 0.25) is 0 Å². The number of halogens is 1. The van der Waals surface area contributed by atoms with Crippen LogP contribution in [0.15, 0.2) is 6.20 Å². The van der Waals surface area contributed by atoms with Gasteiger partial charge in [0.1, 0.15) is 11.6 Å². The highest BCUT2D eigenvalue weighted by Gasteiger charge is 2.03. The fourth-order valence-corrected chi connectivity index (χ4v) is 1.82. The van der Waals surface area contributed by atoms with Crippen LogP contribution in [0.25, 0.3) is 0 Å². The summed E-state index contributed by atoms with van der Waals surface area (Å²) in [6.07, 6.45) is 5.04. The molecule has 0 aliphatic heterocycles. The van der Waals surface area contributed by atoms with Gasteiger partial charge in [-0.2, -0.15) is 11.8 Å². The predicted octanol–water partition coefficient (Wildman–Crippen LogP) is 2.77. The van der Waals surface area contributed by atoms with Crippen LogP contribution in [0.3, 0.4) is 0 Å². The number of hydrogen-bond donors (Lipinski definition) is 1. The zero-order valence-electron chi connectivity index (χ0n) is 8.38. The van der Waals surface area contributed by atoms with E-state index in [0.717, 1.165) is 33.9 Å². The Bertz CT molecular complexity index is 293. The molecule has 1 aromatic rings. The van der Waals surface area contributed by atoms with Crippen LogP contribution in [0.4, 0.5) is 5.82 Å². The largest absolute Gasteiger partial charge is 0.369 e. The molecule has 1 N–H and O–H groups in total. The second-order valence-electron chi connectivity index (χ2n) is 2.84. The van der Waals surface area contributed by atoms with Crippen LogP contribution in [0.2, 0.25) is 0 Å². The van der Waals surface area contributed by atoms with E-state index in [4.69, 9.17) is 0 Å². The highest BCUT2D eigenvalue weighted by Crippen LogP contribution is 2.15. The summed E-state index contributed by atoms with van der Waals surface area (Å²) in [7, 11) is 0. The molecule has 78 valence electrons. The number of nitrogens with one attached hydrogen (secondary N) is 1. The zero-order chi connectivity index (χ0) is 10.4. The third kappa shape index (κ3) is 3.61. The minimum absolute atomic E-state index is 0.873. The normalized spacial score (nSPS) is 10.2. The van der Waals surface area contributed by atoms with Crippen LogP contribution in [-0.4, -0.2) is 22.8 Å². The summed E-state index contributed by atoms with van der Waals surface area (Å²) in [6, 6.07) is 0. The van der Waals surface area contributed by atoms with Crippen LogP contribution in [-0.2, 0) is 5.75 Å². The van der Waals surface area contributed by atoms with Crippen molar-refractivity contribution < 1.29 is 0 Å². The number of hydrogen-bond acceptors (Lipinski definition) is 4. The van der Waals surface area contributed by atoms with E-state index >= 15 is 0 Å². The van der Waals surface area contributed by atoms with Crippen molar-refractivity contribution in [1.82, 2.24) is 9.97 Å². The summed E-state index contributed by atoms with van der Waals surface area (Å²) in [5.41, 5.74) is 0. The summed E-state index contributed by atoms with van der Waals surface area (Å²) in [4.78, 5) is 8.71. The third-order valence-corrected chi connectivity index (χ3v) is 2.95. The molecule has 0 aromatic carbocycles. The Hall–Kier alpha value is -0.0400. The standard InChI is InChI=1S/C9H14IN3S/c1-3-4-11-9-7(10)5-12-8(13-9)6-14-2/h5H,3-4,6H2,1-2H3,(H,11,12,13). The fraction of sp³-hybridized carbons (Fsp3) is 0.556. The Kier molecular flexibility index (Phi) is 5.54. The average Bonchev–Trinajstić information content (AvgIpc) is 2.19. The summed E-state index contributed by atoms with van der Waals surface area (Å²) in [5.74, 6) is 2.74. The topological polar surface area (TPSA) is 37.8 Å². The highest BCUT2D eigenvalue weighted by molar-refractivity contribution is 14.1. The van der Waals surface area contributed by atoms with E-state index in [-0.39, 0.29) is 0 Å². The van der Waals surface area contributed by atoms with E-state index in [2.05, 4.69) is 51.1 Å². The smallest absolute Gasteiger partial charge is 0.143 e. The second-order valence-corrected chi connectivity index (χ2v) is 4.87. The molecule has 0 saturated heterocycles. The molecular weight excluding hydrogens is 309 g/mol. The third-order valence-electron chi connectivity index (χ3n) is 1.61. The van der Waals surface area contributed by atoms with Crippen LogP contribution in [0.1, 0.15) is 19.2 Å². The zero-order valence-corrected chi connectivity index (χ0v) is 11.4. The van der Waals surface area contributed by atoms with Crippen molar-refractivity contribution in [2.24, 2.45) is 0 Å². The predicted molar refractivity (Wildman–Crippen MR) is 70.7 cm³/mol. The first-order chi connectivity index (χ1) is 6.77. The number of rotatable bonds is 5. The molecule has 0 saturated carbocycles. The Morgan fingerprint density at radius 3 is 3.00 bits per heavy atom. The van der Waals surface area contributed by atoms with Crippen LogP contribution in [0, 0.1) is 3.57 Å². The van der Waals surface area contributed by atoms with Gasteiger partial charge >= 0.3 is 0 Å². The SMILES string of the molecule is CCCNc1nc(CSC)ncc1I. The van der Waals surface area contributed by atoms with Gasteiger partial charge in [0.05, 0.1) is 9.32 Å². The molecular formula is C9H14IN3S. The first-order valence-electron chi connectivity index (χ1n) is 4.52. The van der Waals surface area contributed by atoms with Crippen molar-refractivity contribution >= 4 is 40.2 Å². The maximum absolute atomic E-state index is 4.45. The summed E-state index contributed by atoms with van der Waals surface area (Å²) >= 11 is 3.99. The molecule has 1 aromatic heterocycles. The Morgan fingerprint density at radius 2 is 2.36 bits per heavy atom. The lowest BCUT2D eigenvalue weighted by molar-refractivity contribution is 0.946. The molecule has 0 amide bonds. The van der Waals surface area contributed by atoms with Gasteiger partial charge in [-0.3, -0.25) is 0 Å². The van der Waals surface area contributed by atoms with Gasteiger partial charge in [-0.25, -0.2) is 9.97 Å². The lowest BCUT2D eigenvalue weighted by Crippen LogP contribution is -2.06. The van der Waals surface area contributed by atoms with Gasteiger partial charge in [-0.15, -0.1) is 0 Å². The van der Waals surface area contributed by atoms with Crippen molar-refractivity contribution in [3.63, 3.8) is 0 Å². The highest BCUT2D eigenvalue weighted by atomic mass is 127. The first kappa shape index (κ1) is 12.0. The molecule has 0 aliphatic carbocycles. The molecule has 5 heteroatoms. The molecule has 0 bridgehead atoms. The minimum Gasteiger partial charge on any atom is -0.369 e. The summed E-state index contributed by atoms with van der Waals surface area (Å²) < 4.78 is 1.08. The Morgan fingerprint density at radius 1 is 1.57 bits per heavy atom. The number of thioether (sulfide) groups is 1. The van der Waals surface area contributed by atoms with Gasteiger partial charge in [0.15, 0.2) is 0 Å².